The molecule has 0 spiro atoms. The molecule has 4 rings (SSSR count). The molecule has 4 heteroatoms. The van der Waals surface area contributed by atoms with Crippen molar-refractivity contribution >= 4 is 43.1 Å². The van der Waals surface area contributed by atoms with Crippen LogP contribution in [-0.4, -0.2) is 10.9 Å². The summed E-state index contributed by atoms with van der Waals surface area (Å²) in [5.74, 6) is 0.121. The van der Waals surface area contributed by atoms with Crippen molar-refractivity contribution in [1.82, 2.24) is 0 Å². The van der Waals surface area contributed by atoms with Crippen LogP contribution in [0.5, 0.6) is 5.75 Å². The van der Waals surface area contributed by atoms with Crippen LogP contribution in [0.3, 0.4) is 0 Å². The van der Waals surface area contributed by atoms with Crippen molar-refractivity contribution in [2.75, 3.05) is 0 Å². The third-order valence-electron chi connectivity index (χ3n) is 4.06. The summed E-state index contributed by atoms with van der Waals surface area (Å²) in [6.45, 7) is 0. The maximum absolute atomic E-state index is 13.2. The van der Waals surface area contributed by atoms with Gasteiger partial charge in [0, 0.05) is 30.6 Å². The zero-order chi connectivity index (χ0) is 17.4. The maximum Gasteiger partial charge on any atom is 0.195 e. The number of hydrogen-bond donors (Lipinski definition) is 1. The Morgan fingerprint density at radius 2 is 1.56 bits per heavy atom. The third-order valence-corrected chi connectivity index (χ3v) is 5.81. The van der Waals surface area contributed by atoms with Crippen molar-refractivity contribution in [2.45, 2.75) is 0 Å². The summed E-state index contributed by atoms with van der Waals surface area (Å²) in [5.41, 5.74) is 2.31. The van der Waals surface area contributed by atoms with Gasteiger partial charge in [0.15, 0.2) is 5.78 Å². The van der Waals surface area contributed by atoms with Crippen LogP contribution >= 0.6 is 27.3 Å². The molecule has 0 saturated heterocycles. The first-order valence-electron chi connectivity index (χ1n) is 7.75. The normalized spacial score (nSPS) is 10.9. The highest BCUT2D eigenvalue weighted by Gasteiger charge is 2.21. The van der Waals surface area contributed by atoms with Gasteiger partial charge in [0.05, 0.1) is 0 Å². The first kappa shape index (κ1) is 16.1. The molecule has 25 heavy (non-hydrogen) atoms. The number of aromatic hydroxyl groups is 1. The minimum atomic E-state index is -0.0321. The number of carbonyl (C=O) groups excluding carboxylic acids is 1. The highest BCUT2D eigenvalue weighted by atomic mass is 79.9. The fourth-order valence-corrected chi connectivity index (χ4v) is 4.30. The number of carbonyl (C=O) groups is 1. The van der Waals surface area contributed by atoms with Gasteiger partial charge >= 0.3 is 0 Å². The molecule has 1 heterocycles. The minimum Gasteiger partial charge on any atom is -0.508 e. The number of fused-ring (bicyclic) bond motifs is 1. The standard InChI is InChI=1S/C21H13BrO2S/c22-15-9-5-14(6-10-15)21-19(17-3-1-2-4-18(17)25-21)20(24)13-7-11-16(23)12-8-13/h1-12,23H. The highest BCUT2D eigenvalue weighted by Crippen LogP contribution is 2.40. The largest absolute Gasteiger partial charge is 0.508 e. The van der Waals surface area contributed by atoms with Crippen LogP contribution in [0.15, 0.2) is 77.3 Å². The summed E-state index contributed by atoms with van der Waals surface area (Å²) in [7, 11) is 0. The van der Waals surface area contributed by atoms with Crippen molar-refractivity contribution in [2.24, 2.45) is 0 Å². The van der Waals surface area contributed by atoms with Gasteiger partial charge in [0.1, 0.15) is 5.75 Å². The van der Waals surface area contributed by atoms with E-state index in [9.17, 15) is 9.90 Å². The van der Waals surface area contributed by atoms with Crippen molar-refractivity contribution < 1.29 is 9.90 Å². The molecule has 1 N–H and O–H groups in total. The van der Waals surface area contributed by atoms with Gasteiger partial charge in [-0.05, 0) is 48.0 Å². The lowest BCUT2D eigenvalue weighted by molar-refractivity contribution is 0.104. The van der Waals surface area contributed by atoms with Crippen molar-refractivity contribution in [3.8, 4) is 16.2 Å². The predicted molar refractivity (Wildman–Crippen MR) is 107 cm³/mol. The quantitative estimate of drug-likeness (QED) is 0.405. The predicted octanol–water partition coefficient (Wildman–Crippen LogP) is 6.27. The summed E-state index contributed by atoms with van der Waals surface area (Å²) >= 11 is 5.08. The minimum absolute atomic E-state index is 0.0321. The van der Waals surface area contributed by atoms with Crippen molar-refractivity contribution in [1.29, 1.82) is 0 Å². The molecule has 0 atom stereocenters. The molecular weight excluding hydrogens is 396 g/mol. The molecule has 3 aromatic carbocycles. The van der Waals surface area contributed by atoms with Gasteiger partial charge in [-0.15, -0.1) is 11.3 Å². The molecule has 0 radical (unpaired) electrons. The van der Waals surface area contributed by atoms with E-state index in [0.29, 0.717) is 11.1 Å². The van der Waals surface area contributed by atoms with E-state index in [1.165, 1.54) is 0 Å². The van der Waals surface area contributed by atoms with Gasteiger partial charge in [-0.25, -0.2) is 0 Å². The molecule has 4 aromatic rings. The van der Waals surface area contributed by atoms with Crippen LogP contribution in [0.25, 0.3) is 20.5 Å². The summed E-state index contributed by atoms with van der Waals surface area (Å²) in [6.07, 6.45) is 0. The number of thiophene rings is 1. The van der Waals surface area contributed by atoms with Crippen molar-refractivity contribution in [3.63, 3.8) is 0 Å². The van der Waals surface area contributed by atoms with Crippen LogP contribution < -0.4 is 0 Å². The van der Waals surface area contributed by atoms with Gasteiger partial charge in [-0.3, -0.25) is 4.79 Å². The number of phenolic OH excluding ortho intramolecular Hbond substituents is 1. The summed E-state index contributed by atoms with van der Waals surface area (Å²) in [6, 6.07) is 22.4. The Labute approximate surface area is 157 Å². The average Bonchev–Trinajstić information content (AvgIpc) is 3.02. The number of ketones is 1. The molecule has 0 aliphatic heterocycles. The Morgan fingerprint density at radius 1 is 0.880 bits per heavy atom. The number of phenols is 1. The molecule has 0 aliphatic rings. The lowest BCUT2D eigenvalue weighted by Gasteiger charge is -2.05. The lowest BCUT2D eigenvalue weighted by atomic mass is 9.97. The summed E-state index contributed by atoms with van der Waals surface area (Å²) < 4.78 is 2.09. The van der Waals surface area contributed by atoms with Gasteiger partial charge < -0.3 is 5.11 Å². The molecule has 0 aliphatic carbocycles. The first-order valence-corrected chi connectivity index (χ1v) is 9.35. The highest BCUT2D eigenvalue weighted by molar-refractivity contribution is 9.10. The second kappa shape index (κ2) is 6.47. The molecule has 0 bridgehead atoms. The van der Waals surface area contributed by atoms with Gasteiger partial charge in [0.2, 0.25) is 0 Å². The molecule has 122 valence electrons. The average molecular weight is 409 g/mol. The van der Waals surface area contributed by atoms with Crippen LogP contribution in [-0.2, 0) is 0 Å². The van der Waals surface area contributed by atoms with E-state index in [1.807, 2.05) is 48.5 Å². The Kier molecular flexibility index (Phi) is 4.15. The van der Waals surface area contributed by atoms with E-state index in [0.717, 1.165) is 25.0 Å². The van der Waals surface area contributed by atoms with Crippen LogP contribution in [0.1, 0.15) is 15.9 Å². The number of benzene rings is 3. The Hall–Kier alpha value is -2.43. The molecule has 1 aromatic heterocycles. The molecular formula is C21H13BrO2S. The Balaban J connectivity index is 1.94. The molecule has 0 amide bonds. The zero-order valence-electron chi connectivity index (χ0n) is 13.1. The molecule has 0 saturated carbocycles. The lowest BCUT2D eigenvalue weighted by Crippen LogP contribution is -2.01. The van der Waals surface area contributed by atoms with E-state index in [2.05, 4.69) is 15.9 Å². The Bertz CT molecular complexity index is 1060. The monoisotopic (exact) mass is 408 g/mol. The van der Waals surface area contributed by atoms with E-state index in [1.54, 1.807) is 35.6 Å². The van der Waals surface area contributed by atoms with Gasteiger partial charge in [-0.2, -0.15) is 0 Å². The second-order valence-electron chi connectivity index (χ2n) is 5.69. The van der Waals surface area contributed by atoms with Crippen LogP contribution in [0.4, 0.5) is 0 Å². The number of rotatable bonds is 3. The van der Waals surface area contributed by atoms with Crippen LogP contribution in [0, 0.1) is 0 Å². The van der Waals surface area contributed by atoms with E-state index in [-0.39, 0.29) is 11.5 Å². The van der Waals surface area contributed by atoms with E-state index >= 15 is 0 Å². The van der Waals surface area contributed by atoms with E-state index in [4.69, 9.17) is 0 Å². The molecule has 0 fully saturated rings. The fraction of sp³-hybridized carbons (Fsp3) is 0. The third kappa shape index (κ3) is 2.99. The second-order valence-corrected chi connectivity index (χ2v) is 7.65. The topological polar surface area (TPSA) is 37.3 Å². The smallest absolute Gasteiger partial charge is 0.195 e. The van der Waals surface area contributed by atoms with E-state index < -0.39 is 0 Å². The fourth-order valence-electron chi connectivity index (χ4n) is 2.83. The zero-order valence-corrected chi connectivity index (χ0v) is 15.5. The first-order chi connectivity index (χ1) is 12.1. The van der Waals surface area contributed by atoms with Crippen LogP contribution in [0.2, 0.25) is 0 Å². The SMILES string of the molecule is O=C(c1ccc(O)cc1)c1c(-c2ccc(Br)cc2)sc2ccccc12. The molecule has 0 unspecified atom stereocenters. The summed E-state index contributed by atoms with van der Waals surface area (Å²) in [4.78, 5) is 14.2. The number of hydrogen-bond acceptors (Lipinski definition) is 3. The summed E-state index contributed by atoms with van der Waals surface area (Å²) in [5, 5.41) is 10.4. The number of halogens is 1. The molecule has 2 nitrogen and oxygen atoms in total. The van der Waals surface area contributed by atoms with Gasteiger partial charge in [0.25, 0.3) is 0 Å². The van der Waals surface area contributed by atoms with Gasteiger partial charge in [-0.1, -0.05) is 46.3 Å². The maximum atomic E-state index is 13.2. The van der Waals surface area contributed by atoms with Crippen molar-refractivity contribution in [3.05, 3.63) is 88.4 Å². The Morgan fingerprint density at radius 3 is 2.28 bits per heavy atom.